The molecule has 0 bridgehead atoms. The number of carbonyl (C=O) groups is 1. The zero-order valence-electron chi connectivity index (χ0n) is 20.1. The van der Waals surface area contributed by atoms with E-state index < -0.39 is 11.2 Å². The van der Waals surface area contributed by atoms with Gasteiger partial charge in [0.25, 0.3) is 12.0 Å². The summed E-state index contributed by atoms with van der Waals surface area (Å²) in [4.78, 5) is 37.5. The number of nitrogens with two attached hydrogens (primary N) is 1. The average Bonchev–Trinajstić information content (AvgIpc) is 3.15. The molecule has 2 aromatic heterocycles. The number of hydrogen-bond donors (Lipinski definition) is 2. The summed E-state index contributed by atoms with van der Waals surface area (Å²) in [5.74, 6) is 0.166. The number of rotatable bonds is 2. The Kier molecular flexibility index (Phi) is 12.5. The lowest BCUT2D eigenvalue weighted by molar-refractivity contribution is -0.122. The van der Waals surface area contributed by atoms with Crippen molar-refractivity contribution >= 4 is 46.8 Å². The second-order valence-electron chi connectivity index (χ2n) is 7.41. The lowest BCUT2D eigenvalue weighted by Gasteiger charge is -2.09. The first-order chi connectivity index (χ1) is 16.2. The maximum absolute atomic E-state index is 12.7. The van der Waals surface area contributed by atoms with Crippen LogP contribution in [0.3, 0.4) is 0 Å². The minimum absolute atomic E-state index is 0.0728. The molecule has 1 aliphatic carbocycles. The molecule has 1 aromatic carbocycles. The van der Waals surface area contributed by atoms with Gasteiger partial charge in [0.05, 0.1) is 16.6 Å². The fraction of sp³-hybridized carbons (Fsp3) is 0.478. The largest absolute Gasteiger partial charge is 0.483 e. The number of benzene rings is 1. The Labute approximate surface area is 208 Å². The van der Waals surface area contributed by atoms with E-state index in [0.717, 1.165) is 4.57 Å². The van der Waals surface area contributed by atoms with Crippen LogP contribution in [0.25, 0.3) is 11.2 Å². The first kappa shape index (κ1) is 29.3. The third kappa shape index (κ3) is 7.36. The molecule has 188 valence electrons. The molecule has 0 spiro atoms. The molecule has 3 N–H and O–H groups in total. The summed E-state index contributed by atoms with van der Waals surface area (Å²) in [5.41, 5.74) is 6.01. The summed E-state index contributed by atoms with van der Waals surface area (Å²) in [6.45, 7) is 3.82. The molecule has 11 heteroatoms. The minimum atomic E-state index is -0.480. The van der Waals surface area contributed by atoms with Gasteiger partial charge in [-0.05, 0) is 17.7 Å². The van der Waals surface area contributed by atoms with E-state index in [0.29, 0.717) is 15.6 Å². The van der Waals surface area contributed by atoms with E-state index in [4.69, 9.17) is 38.8 Å². The third-order valence-corrected chi connectivity index (χ3v) is 5.96. The number of anilines is 1. The number of hydrogen-bond acceptors (Lipinski definition) is 5. The normalized spacial score (nSPS) is 12.4. The van der Waals surface area contributed by atoms with Gasteiger partial charge in [-0.1, -0.05) is 81.6 Å². The van der Waals surface area contributed by atoms with Crippen molar-refractivity contribution in [1.82, 2.24) is 18.7 Å². The molecule has 0 unspecified atom stereocenters. The van der Waals surface area contributed by atoms with Crippen LogP contribution < -0.4 is 17.0 Å². The molecule has 1 saturated carbocycles. The van der Waals surface area contributed by atoms with Crippen LogP contribution in [-0.2, 0) is 25.4 Å². The average molecular weight is 514 g/mol. The molecule has 0 amide bonds. The SMILES string of the molecule is C1CCCCC1.CC.Cn1c(N)nc2c1c(=O)n(Cc1ccc(Cl)c(Cl)c1)c(=O)n2C.O=CO. The molecule has 9 nitrogen and oxygen atoms in total. The maximum atomic E-state index is 12.7. The van der Waals surface area contributed by atoms with Gasteiger partial charge in [-0.15, -0.1) is 0 Å². The number of carboxylic acid groups (broad SMARTS) is 1. The summed E-state index contributed by atoms with van der Waals surface area (Å²) in [7, 11) is 3.17. The summed E-state index contributed by atoms with van der Waals surface area (Å²) in [5, 5.41) is 7.66. The highest BCUT2D eigenvalue weighted by Crippen LogP contribution is 2.22. The predicted octanol–water partition coefficient (Wildman–Crippen LogP) is 4.44. The van der Waals surface area contributed by atoms with Crippen molar-refractivity contribution in [1.29, 1.82) is 0 Å². The molecular formula is C23H33Cl2N5O4. The Morgan fingerprint density at radius 3 is 1.97 bits per heavy atom. The van der Waals surface area contributed by atoms with Gasteiger partial charge in [-0.25, -0.2) is 4.79 Å². The molecule has 1 aliphatic rings. The first-order valence-electron chi connectivity index (χ1n) is 11.2. The molecule has 2 heterocycles. The topological polar surface area (TPSA) is 125 Å². The number of aryl methyl sites for hydroxylation is 2. The smallest absolute Gasteiger partial charge is 0.332 e. The molecule has 1 fully saturated rings. The van der Waals surface area contributed by atoms with Crippen LogP contribution in [0.1, 0.15) is 57.9 Å². The van der Waals surface area contributed by atoms with Crippen LogP contribution in [0, 0.1) is 0 Å². The van der Waals surface area contributed by atoms with Crippen molar-refractivity contribution < 1.29 is 9.90 Å². The monoisotopic (exact) mass is 513 g/mol. The Morgan fingerprint density at radius 2 is 1.50 bits per heavy atom. The van der Waals surface area contributed by atoms with Crippen LogP contribution in [0.2, 0.25) is 10.0 Å². The summed E-state index contributed by atoms with van der Waals surface area (Å²) in [6, 6.07) is 4.95. The number of nitrogen functional groups attached to an aromatic ring is 1. The van der Waals surface area contributed by atoms with E-state index >= 15 is 0 Å². The van der Waals surface area contributed by atoms with Crippen molar-refractivity contribution in [3.05, 3.63) is 54.6 Å². The van der Waals surface area contributed by atoms with Crippen LogP contribution in [-0.4, -0.2) is 30.3 Å². The quantitative estimate of drug-likeness (QED) is 0.487. The van der Waals surface area contributed by atoms with Crippen molar-refractivity contribution in [2.24, 2.45) is 14.1 Å². The van der Waals surface area contributed by atoms with Crippen molar-refractivity contribution in [2.45, 2.75) is 58.9 Å². The Morgan fingerprint density at radius 1 is 1.00 bits per heavy atom. The molecule has 0 aliphatic heterocycles. The van der Waals surface area contributed by atoms with Crippen LogP contribution in [0.15, 0.2) is 27.8 Å². The molecule has 3 aromatic rings. The van der Waals surface area contributed by atoms with E-state index in [1.807, 2.05) is 13.8 Å². The fourth-order valence-electron chi connectivity index (χ4n) is 3.48. The van der Waals surface area contributed by atoms with E-state index in [2.05, 4.69) is 4.98 Å². The van der Waals surface area contributed by atoms with Crippen LogP contribution >= 0.6 is 23.2 Å². The minimum Gasteiger partial charge on any atom is -0.483 e. The Hall–Kier alpha value is -2.78. The van der Waals surface area contributed by atoms with Gasteiger partial charge >= 0.3 is 5.69 Å². The maximum Gasteiger partial charge on any atom is 0.332 e. The summed E-state index contributed by atoms with van der Waals surface area (Å²) >= 11 is 11.9. The lowest BCUT2D eigenvalue weighted by atomic mass is 10.0. The standard InChI is InChI=1S/C14H13Cl2N5O2.C6H12.C2H6.CH2O2/c1-19-10-11(18-13(19)17)20(2)14(23)21(12(10)22)6-7-3-4-8(15)9(16)5-7;1-2-4-6-5-3-1;1-2;2-1-3/h3-5H,6H2,1-2H3,(H2,17,18);1-6H2;1-2H3;1H,(H,2,3). The number of nitrogens with zero attached hydrogens (tertiary/aromatic N) is 4. The third-order valence-electron chi connectivity index (χ3n) is 5.22. The zero-order valence-corrected chi connectivity index (χ0v) is 21.6. The number of aromatic nitrogens is 4. The highest BCUT2D eigenvalue weighted by molar-refractivity contribution is 6.42. The second-order valence-corrected chi connectivity index (χ2v) is 8.22. The van der Waals surface area contributed by atoms with Gasteiger partial charge in [0.15, 0.2) is 11.2 Å². The van der Waals surface area contributed by atoms with Crippen molar-refractivity contribution in [3.63, 3.8) is 0 Å². The van der Waals surface area contributed by atoms with Crippen molar-refractivity contribution in [2.75, 3.05) is 5.73 Å². The van der Waals surface area contributed by atoms with E-state index in [9.17, 15) is 9.59 Å². The Bertz CT molecular complexity index is 1190. The Balaban J connectivity index is 0.000000439. The van der Waals surface area contributed by atoms with E-state index in [1.54, 1.807) is 32.3 Å². The van der Waals surface area contributed by atoms with Crippen LogP contribution in [0.5, 0.6) is 0 Å². The van der Waals surface area contributed by atoms with Gasteiger partial charge in [0.1, 0.15) is 0 Å². The second kappa shape index (κ2) is 14.5. The van der Waals surface area contributed by atoms with Gasteiger partial charge in [-0.2, -0.15) is 4.98 Å². The van der Waals surface area contributed by atoms with Gasteiger partial charge in [-0.3, -0.25) is 18.7 Å². The molecule has 0 radical (unpaired) electrons. The molecule has 0 saturated heterocycles. The highest BCUT2D eigenvalue weighted by Gasteiger charge is 2.17. The summed E-state index contributed by atoms with van der Waals surface area (Å²) < 4.78 is 3.87. The molecule has 4 rings (SSSR count). The van der Waals surface area contributed by atoms with Crippen molar-refractivity contribution in [3.8, 4) is 0 Å². The van der Waals surface area contributed by atoms with E-state index in [1.165, 1.54) is 47.7 Å². The first-order valence-corrected chi connectivity index (χ1v) is 11.9. The van der Waals surface area contributed by atoms with E-state index in [-0.39, 0.29) is 30.1 Å². The zero-order chi connectivity index (χ0) is 25.8. The fourth-order valence-corrected chi connectivity index (χ4v) is 3.80. The highest BCUT2D eigenvalue weighted by atomic mass is 35.5. The molecule has 0 atom stereocenters. The number of fused-ring (bicyclic) bond motifs is 1. The van der Waals surface area contributed by atoms with Gasteiger partial charge in [0, 0.05) is 14.1 Å². The number of halogens is 2. The van der Waals surface area contributed by atoms with Crippen LogP contribution in [0.4, 0.5) is 5.95 Å². The number of imidazole rings is 1. The van der Waals surface area contributed by atoms with Gasteiger partial charge < -0.3 is 15.4 Å². The summed E-state index contributed by atoms with van der Waals surface area (Å²) in [6.07, 6.45) is 9.00. The lowest BCUT2D eigenvalue weighted by Crippen LogP contribution is -2.39. The predicted molar refractivity (Wildman–Crippen MR) is 138 cm³/mol. The van der Waals surface area contributed by atoms with Gasteiger partial charge in [0.2, 0.25) is 5.95 Å². The molecule has 34 heavy (non-hydrogen) atoms. The molecular weight excluding hydrogens is 481 g/mol.